The first-order chi connectivity index (χ1) is 8.38. The molecular formula is C14H17NO2. The molecule has 2 rings (SSSR count). The van der Waals surface area contributed by atoms with Crippen molar-refractivity contribution in [2.75, 3.05) is 6.54 Å². The van der Waals surface area contributed by atoms with E-state index >= 15 is 0 Å². The zero-order valence-electron chi connectivity index (χ0n) is 9.98. The molecular weight excluding hydrogens is 214 g/mol. The number of nitrogens with one attached hydrogen (secondary N) is 1. The summed E-state index contributed by atoms with van der Waals surface area (Å²) in [6.45, 7) is 3.88. The predicted octanol–water partition coefficient (Wildman–Crippen LogP) is 3.57. The number of rotatable bonds is 6. The van der Waals surface area contributed by atoms with Gasteiger partial charge in [-0.15, -0.1) is 0 Å². The minimum atomic E-state index is 0.532. The first-order valence-corrected chi connectivity index (χ1v) is 5.91. The fraction of sp³-hybridized carbons (Fsp3) is 0.286. The van der Waals surface area contributed by atoms with Gasteiger partial charge in [-0.05, 0) is 31.2 Å². The second kappa shape index (κ2) is 6.11. The van der Waals surface area contributed by atoms with Gasteiger partial charge in [-0.25, -0.2) is 0 Å². The molecule has 0 aliphatic rings. The predicted molar refractivity (Wildman–Crippen MR) is 67.2 cm³/mol. The Morgan fingerprint density at radius 1 is 1.12 bits per heavy atom. The molecule has 0 bridgehead atoms. The van der Waals surface area contributed by atoms with Crippen LogP contribution >= 0.6 is 0 Å². The topological polar surface area (TPSA) is 34.4 Å². The van der Waals surface area contributed by atoms with Crippen molar-refractivity contribution < 1.29 is 9.15 Å². The van der Waals surface area contributed by atoms with Crippen molar-refractivity contribution in [1.82, 2.24) is 5.32 Å². The molecule has 1 aromatic heterocycles. The molecule has 3 nitrogen and oxygen atoms in total. The summed E-state index contributed by atoms with van der Waals surface area (Å²) in [5, 5.41) is 3.28. The summed E-state index contributed by atoms with van der Waals surface area (Å²) in [7, 11) is 0. The van der Waals surface area contributed by atoms with E-state index in [1.807, 2.05) is 42.5 Å². The third kappa shape index (κ3) is 3.64. The highest BCUT2D eigenvalue weighted by Crippen LogP contribution is 2.23. The number of benzene rings is 1. The lowest BCUT2D eigenvalue weighted by atomic mass is 10.3. The fourth-order valence-electron chi connectivity index (χ4n) is 1.50. The average molecular weight is 231 g/mol. The van der Waals surface area contributed by atoms with Gasteiger partial charge in [-0.1, -0.05) is 25.1 Å². The van der Waals surface area contributed by atoms with Crippen LogP contribution in [0.25, 0.3) is 0 Å². The summed E-state index contributed by atoms with van der Waals surface area (Å²) in [5.74, 6) is 2.21. The highest BCUT2D eigenvalue weighted by atomic mass is 16.6. The van der Waals surface area contributed by atoms with E-state index in [9.17, 15) is 0 Å². The zero-order chi connectivity index (χ0) is 11.9. The first-order valence-electron chi connectivity index (χ1n) is 5.91. The third-order valence-corrected chi connectivity index (χ3v) is 2.32. The van der Waals surface area contributed by atoms with E-state index in [0.717, 1.165) is 31.0 Å². The van der Waals surface area contributed by atoms with Gasteiger partial charge in [0.05, 0.1) is 6.54 Å². The molecule has 1 heterocycles. The van der Waals surface area contributed by atoms with Crippen LogP contribution in [-0.4, -0.2) is 6.54 Å². The van der Waals surface area contributed by atoms with Crippen LogP contribution in [0, 0.1) is 0 Å². The van der Waals surface area contributed by atoms with E-state index in [1.54, 1.807) is 0 Å². The average Bonchev–Trinajstić information content (AvgIpc) is 2.79. The van der Waals surface area contributed by atoms with Crippen LogP contribution in [0.15, 0.2) is 46.9 Å². The Kier molecular flexibility index (Phi) is 4.22. The maximum Gasteiger partial charge on any atom is 0.290 e. The lowest BCUT2D eigenvalue weighted by Gasteiger charge is -2.01. The Bertz CT molecular complexity index is 436. The Hall–Kier alpha value is -1.74. The zero-order valence-corrected chi connectivity index (χ0v) is 9.98. The molecule has 90 valence electrons. The normalized spacial score (nSPS) is 10.4. The van der Waals surface area contributed by atoms with E-state index in [1.165, 1.54) is 0 Å². The maximum atomic E-state index is 5.57. The van der Waals surface area contributed by atoms with E-state index in [-0.39, 0.29) is 0 Å². The van der Waals surface area contributed by atoms with Gasteiger partial charge in [-0.2, -0.15) is 0 Å². The molecule has 3 heteroatoms. The SMILES string of the molecule is CCCNCc1ccc(Oc2ccccc2)o1. The first kappa shape index (κ1) is 11.7. The molecule has 0 saturated carbocycles. The largest absolute Gasteiger partial charge is 0.429 e. The molecule has 0 amide bonds. The van der Waals surface area contributed by atoms with Crippen LogP contribution in [0.3, 0.4) is 0 Å². The van der Waals surface area contributed by atoms with E-state index in [0.29, 0.717) is 5.95 Å². The highest BCUT2D eigenvalue weighted by molar-refractivity contribution is 5.26. The summed E-state index contributed by atoms with van der Waals surface area (Å²) in [6.07, 6.45) is 1.12. The van der Waals surface area contributed by atoms with Crippen molar-refractivity contribution in [2.45, 2.75) is 19.9 Å². The lowest BCUT2D eigenvalue weighted by Crippen LogP contribution is -2.12. The third-order valence-electron chi connectivity index (χ3n) is 2.32. The van der Waals surface area contributed by atoms with Gasteiger partial charge in [0.1, 0.15) is 11.5 Å². The number of hydrogen-bond acceptors (Lipinski definition) is 3. The minimum Gasteiger partial charge on any atom is -0.429 e. The molecule has 2 aromatic rings. The van der Waals surface area contributed by atoms with E-state index in [4.69, 9.17) is 9.15 Å². The molecule has 17 heavy (non-hydrogen) atoms. The van der Waals surface area contributed by atoms with Crippen LogP contribution in [0.2, 0.25) is 0 Å². The second-order valence-corrected chi connectivity index (χ2v) is 3.81. The van der Waals surface area contributed by atoms with Gasteiger partial charge in [0.2, 0.25) is 0 Å². The van der Waals surface area contributed by atoms with E-state index < -0.39 is 0 Å². The Morgan fingerprint density at radius 3 is 2.71 bits per heavy atom. The van der Waals surface area contributed by atoms with Crippen molar-refractivity contribution in [2.24, 2.45) is 0 Å². The van der Waals surface area contributed by atoms with Gasteiger partial charge in [-0.3, -0.25) is 0 Å². The van der Waals surface area contributed by atoms with Crippen molar-refractivity contribution in [3.63, 3.8) is 0 Å². The monoisotopic (exact) mass is 231 g/mol. The van der Waals surface area contributed by atoms with Gasteiger partial charge < -0.3 is 14.5 Å². The van der Waals surface area contributed by atoms with E-state index in [2.05, 4.69) is 12.2 Å². The van der Waals surface area contributed by atoms with Crippen molar-refractivity contribution >= 4 is 0 Å². The molecule has 0 aliphatic heterocycles. The summed E-state index contributed by atoms with van der Waals surface area (Å²) in [5.41, 5.74) is 0. The summed E-state index contributed by atoms with van der Waals surface area (Å²) < 4.78 is 11.1. The Labute approximate surface area is 101 Å². The minimum absolute atomic E-state index is 0.532. The molecule has 0 aliphatic carbocycles. The maximum absolute atomic E-state index is 5.57. The van der Waals surface area contributed by atoms with Crippen molar-refractivity contribution in [1.29, 1.82) is 0 Å². The Morgan fingerprint density at radius 2 is 1.94 bits per heavy atom. The number of furan rings is 1. The van der Waals surface area contributed by atoms with Crippen LogP contribution in [0.4, 0.5) is 0 Å². The number of para-hydroxylation sites is 1. The van der Waals surface area contributed by atoms with Gasteiger partial charge >= 0.3 is 0 Å². The van der Waals surface area contributed by atoms with Crippen molar-refractivity contribution in [3.05, 3.63) is 48.2 Å². The number of ether oxygens (including phenoxy) is 1. The molecule has 1 aromatic carbocycles. The van der Waals surface area contributed by atoms with Crippen molar-refractivity contribution in [3.8, 4) is 11.7 Å². The molecule has 0 fully saturated rings. The van der Waals surface area contributed by atoms with Crippen LogP contribution in [-0.2, 0) is 6.54 Å². The standard InChI is InChI=1S/C14H17NO2/c1-2-10-15-11-13-8-9-14(17-13)16-12-6-4-3-5-7-12/h3-9,15H,2,10-11H2,1H3. The Balaban J connectivity index is 1.90. The van der Waals surface area contributed by atoms with Crippen LogP contribution < -0.4 is 10.1 Å². The lowest BCUT2D eigenvalue weighted by molar-refractivity contribution is 0.328. The van der Waals surface area contributed by atoms with Gasteiger partial charge in [0.25, 0.3) is 5.95 Å². The fourth-order valence-corrected chi connectivity index (χ4v) is 1.50. The molecule has 0 saturated heterocycles. The summed E-state index contributed by atoms with van der Waals surface area (Å²) in [6, 6.07) is 13.4. The van der Waals surface area contributed by atoms with Crippen LogP contribution in [0.5, 0.6) is 11.7 Å². The molecule has 0 radical (unpaired) electrons. The summed E-state index contributed by atoms with van der Waals surface area (Å²) in [4.78, 5) is 0. The van der Waals surface area contributed by atoms with Gasteiger partial charge in [0.15, 0.2) is 0 Å². The summed E-state index contributed by atoms with van der Waals surface area (Å²) >= 11 is 0. The molecule has 0 atom stereocenters. The molecule has 1 N–H and O–H groups in total. The smallest absolute Gasteiger partial charge is 0.290 e. The second-order valence-electron chi connectivity index (χ2n) is 3.81. The molecule has 0 unspecified atom stereocenters. The highest BCUT2D eigenvalue weighted by Gasteiger charge is 2.03. The van der Waals surface area contributed by atoms with Crippen LogP contribution in [0.1, 0.15) is 19.1 Å². The van der Waals surface area contributed by atoms with Gasteiger partial charge in [0, 0.05) is 6.07 Å². The quantitative estimate of drug-likeness (QED) is 0.772. The molecule has 0 spiro atoms. The number of hydrogen-bond donors (Lipinski definition) is 1.